The van der Waals surface area contributed by atoms with Crippen molar-refractivity contribution < 1.29 is 13.9 Å². The van der Waals surface area contributed by atoms with Crippen LogP contribution in [-0.2, 0) is 22.6 Å². The van der Waals surface area contributed by atoms with E-state index in [1.54, 1.807) is 19.1 Å². The Balaban J connectivity index is 1.71. The molecule has 1 unspecified atom stereocenters. The quantitative estimate of drug-likeness (QED) is 0.535. The Labute approximate surface area is 187 Å². The van der Waals surface area contributed by atoms with Crippen molar-refractivity contribution in [3.63, 3.8) is 0 Å². The lowest BCUT2D eigenvalue weighted by Gasteiger charge is -2.37. The number of benzene rings is 2. The van der Waals surface area contributed by atoms with Gasteiger partial charge in [0.2, 0.25) is 5.95 Å². The first-order valence-electron chi connectivity index (χ1n) is 10.9. The summed E-state index contributed by atoms with van der Waals surface area (Å²) in [4.78, 5) is 23.4. The summed E-state index contributed by atoms with van der Waals surface area (Å²) in [5, 5.41) is 3.16. The minimum atomic E-state index is -0.311. The van der Waals surface area contributed by atoms with E-state index in [1.165, 1.54) is 23.3 Å². The summed E-state index contributed by atoms with van der Waals surface area (Å²) in [5.41, 5.74) is 4.83. The Kier molecular flexibility index (Phi) is 6.35. The van der Waals surface area contributed by atoms with Crippen molar-refractivity contribution in [1.82, 2.24) is 9.97 Å². The minimum Gasteiger partial charge on any atom is -0.459 e. The van der Waals surface area contributed by atoms with Gasteiger partial charge in [-0.05, 0) is 55.7 Å². The van der Waals surface area contributed by atoms with Crippen molar-refractivity contribution >= 4 is 23.4 Å². The van der Waals surface area contributed by atoms with Gasteiger partial charge < -0.3 is 15.0 Å². The van der Waals surface area contributed by atoms with E-state index in [9.17, 15) is 9.18 Å². The van der Waals surface area contributed by atoms with Crippen LogP contribution in [-0.4, -0.2) is 22.5 Å². The van der Waals surface area contributed by atoms with Crippen LogP contribution in [0.3, 0.4) is 0 Å². The summed E-state index contributed by atoms with van der Waals surface area (Å²) in [5.74, 6) is 0.590. The van der Waals surface area contributed by atoms with Gasteiger partial charge in [-0.1, -0.05) is 31.2 Å². The number of rotatable bonds is 6. The standard InChI is InChI=1S/C25H27FN4O2/c1-4-23(31)32-15-22-16(2)24(29-25(28-22)27-20-11-9-19(26)10-12-20)30-14-13-18-7-5-6-8-21(18)17(30)3/h5-12,17H,4,13-15H2,1-3H3,(H,27,28,29). The molecule has 2 heterocycles. The maximum absolute atomic E-state index is 13.3. The molecule has 0 fully saturated rings. The maximum Gasteiger partial charge on any atom is 0.305 e. The molecule has 0 saturated carbocycles. The largest absolute Gasteiger partial charge is 0.459 e. The number of aromatic nitrogens is 2. The van der Waals surface area contributed by atoms with Crippen molar-refractivity contribution in [1.29, 1.82) is 0 Å². The fourth-order valence-corrected chi connectivity index (χ4v) is 4.00. The number of esters is 1. The predicted molar refractivity (Wildman–Crippen MR) is 122 cm³/mol. The molecule has 1 atom stereocenters. The van der Waals surface area contributed by atoms with Gasteiger partial charge >= 0.3 is 5.97 Å². The topological polar surface area (TPSA) is 67.3 Å². The Morgan fingerprint density at radius 1 is 1.19 bits per heavy atom. The van der Waals surface area contributed by atoms with Crippen LogP contribution in [0.1, 0.15) is 48.7 Å². The zero-order chi connectivity index (χ0) is 22.7. The number of ether oxygens (including phenoxy) is 1. The fourth-order valence-electron chi connectivity index (χ4n) is 4.00. The molecular formula is C25H27FN4O2. The summed E-state index contributed by atoms with van der Waals surface area (Å²) >= 11 is 0. The van der Waals surface area contributed by atoms with E-state index >= 15 is 0 Å². The van der Waals surface area contributed by atoms with Crippen molar-refractivity contribution in [3.8, 4) is 0 Å². The number of anilines is 3. The maximum atomic E-state index is 13.3. The highest BCUT2D eigenvalue weighted by molar-refractivity contribution is 5.69. The molecule has 7 heteroatoms. The molecule has 1 aromatic heterocycles. The Morgan fingerprint density at radius 2 is 1.94 bits per heavy atom. The third-order valence-corrected chi connectivity index (χ3v) is 5.85. The summed E-state index contributed by atoms with van der Waals surface area (Å²) in [6.07, 6.45) is 1.22. The molecule has 1 aliphatic rings. The van der Waals surface area contributed by atoms with Crippen LogP contribution in [0.15, 0.2) is 48.5 Å². The van der Waals surface area contributed by atoms with Gasteiger partial charge in [-0.25, -0.2) is 9.37 Å². The first-order valence-corrected chi connectivity index (χ1v) is 10.9. The van der Waals surface area contributed by atoms with Crippen molar-refractivity contribution in [3.05, 3.63) is 76.7 Å². The lowest BCUT2D eigenvalue weighted by molar-refractivity contribution is -0.144. The van der Waals surface area contributed by atoms with E-state index in [0.717, 1.165) is 24.3 Å². The molecule has 0 amide bonds. The van der Waals surface area contributed by atoms with Gasteiger partial charge in [0.25, 0.3) is 0 Å². The Morgan fingerprint density at radius 3 is 2.69 bits per heavy atom. The third-order valence-electron chi connectivity index (χ3n) is 5.85. The number of nitrogens with zero attached hydrogens (tertiary/aromatic N) is 3. The molecular weight excluding hydrogens is 407 g/mol. The molecule has 1 N–H and O–H groups in total. The Bertz CT molecular complexity index is 1120. The van der Waals surface area contributed by atoms with Crippen LogP contribution < -0.4 is 10.2 Å². The van der Waals surface area contributed by atoms with E-state index < -0.39 is 0 Å². The number of hydrogen-bond donors (Lipinski definition) is 1. The normalized spacial score (nSPS) is 15.2. The molecule has 166 valence electrons. The van der Waals surface area contributed by atoms with Gasteiger partial charge in [-0.15, -0.1) is 0 Å². The van der Waals surface area contributed by atoms with Gasteiger partial charge in [-0.3, -0.25) is 4.79 Å². The molecule has 32 heavy (non-hydrogen) atoms. The van der Waals surface area contributed by atoms with Crippen LogP contribution in [0, 0.1) is 12.7 Å². The van der Waals surface area contributed by atoms with E-state index in [-0.39, 0.29) is 24.4 Å². The van der Waals surface area contributed by atoms with Gasteiger partial charge in [0, 0.05) is 24.2 Å². The van der Waals surface area contributed by atoms with E-state index in [2.05, 4.69) is 46.4 Å². The van der Waals surface area contributed by atoms with Crippen molar-refractivity contribution in [2.75, 3.05) is 16.8 Å². The number of carbonyl (C=O) groups is 1. The molecule has 0 saturated heterocycles. The lowest BCUT2D eigenvalue weighted by atomic mass is 9.93. The molecule has 0 spiro atoms. The van der Waals surface area contributed by atoms with Crippen LogP contribution in [0.25, 0.3) is 0 Å². The van der Waals surface area contributed by atoms with Crippen LogP contribution >= 0.6 is 0 Å². The molecule has 0 bridgehead atoms. The highest BCUT2D eigenvalue weighted by Gasteiger charge is 2.27. The molecule has 1 aliphatic heterocycles. The summed E-state index contributed by atoms with van der Waals surface area (Å²) in [7, 11) is 0. The summed E-state index contributed by atoms with van der Waals surface area (Å²) in [6.45, 7) is 6.78. The van der Waals surface area contributed by atoms with Gasteiger partial charge in [0.05, 0.1) is 11.7 Å². The first kappa shape index (κ1) is 21.7. The van der Waals surface area contributed by atoms with Crippen LogP contribution in [0.5, 0.6) is 0 Å². The molecule has 6 nitrogen and oxygen atoms in total. The Hall–Kier alpha value is -3.48. The second kappa shape index (κ2) is 9.34. The average Bonchev–Trinajstić information content (AvgIpc) is 2.81. The fraction of sp³-hybridized carbons (Fsp3) is 0.320. The SMILES string of the molecule is CCC(=O)OCc1nc(Nc2ccc(F)cc2)nc(N2CCc3ccccc3C2C)c1C. The number of halogens is 1. The van der Waals surface area contributed by atoms with E-state index in [1.807, 2.05) is 6.92 Å². The van der Waals surface area contributed by atoms with Crippen LogP contribution in [0.4, 0.5) is 21.8 Å². The van der Waals surface area contributed by atoms with E-state index in [0.29, 0.717) is 23.8 Å². The van der Waals surface area contributed by atoms with Gasteiger partial charge in [0.1, 0.15) is 18.2 Å². The van der Waals surface area contributed by atoms with Crippen LogP contribution in [0.2, 0.25) is 0 Å². The molecule has 0 radical (unpaired) electrons. The smallest absolute Gasteiger partial charge is 0.305 e. The summed E-state index contributed by atoms with van der Waals surface area (Å²) < 4.78 is 18.7. The lowest BCUT2D eigenvalue weighted by Crippen LogP contribution is -2.35. The molecule has 4 rings (SSSR count). The highest BCUT2D eigenvalue weighted by Crippen LogP contribution is 2.35. The first-order chi connectivity index (χ1) is 15.5. The zero-order valence-electron chi connectivity index (χ0n) is 18.6. The monoisotopic (exact) mass is 434 g/mol. The molecule has 3 aromatic rings. The second-order valence-electron chi connectivity index (χ2n) is 7.91. The number of fused-ring (bicyclic) bond motifs is 1. The third kappa shape index (κ3) is 4.56. The zero-order valence-corrected chi connectivity index (χ0v) is 18.6. The number of hydrogen-bond acceptors (Lipinski definition) is 6. The molecule has 0 aliphatic carbocycles. The van der Waals surface area contributed by atoms with Gasteiger partial charge in [-0.2, -0.15) is 4.98 Å². The van der Waals surface area contributed by atoms with Crippen molar-refractivity contribution in [2.24, 2.45) is 0 Å². The number of nitrogens with one attached hydrogen (secondary N) is 1. The van der Waals surface area contributed by atoms with E-state index in [4.69, 9.17) is 9.72 Å². The number of carbonyl (C=O) groups excluding carboxylic acids is 1. The van der Waals surface area contributed by atoms with Gasteiger partial charge in [0.15, 0.2) is 0 Å². The minimum absolute atomic E-state index is 0.0743. The summed E-state index contributed by atoms with van der Waals surface area (Å²) in [6, 6.07) is 14.6. The highest BCUT2D eigenvalue weighted by atomic mass is 19.1. The van der Waals surface area contributed by atoms with Crippen molar-refractivity contribution in [2.45, 2.75) is 46.3 Å². The second-order valence-corrected chi connectivity index (χ2v) is 7.91. The predicted octanol–water partition coefficient (Wildman–Crippen LogP) is 5.24. The molecule has 2 aromatic carbocycles. The average molecular weight is 435 g/mol.